The summed E-state index contributed by atoms with van der Waals surface area (Å²) in [5.41, 5.74) is 2.07. The number of carbonyl (C=O) groups is 1. The molecule has 0 atom stereocenters. The topological polar surface area (TPSA) is 55.1 Å². The lowest BCUT2D eigenvalue weighted by molar-refractivity contribution is 0.0988. The molecule has 0 bridgehead atoms. The molecule has 1 aromatic carbocycles. The average Bonchev–Trinajstić information content (AvgIpc) is 2.72. The average molecular weight is 218 g/mol. The van der Waals surface area contributed by atoms with Gasteiger partial charge in [-0.15, -0.1) is 0 Å². The van der Waals surface area contributed by atoms with Gasteiger partial charge in [-0.1, -0.05) is 13.8 Å². The molecule has 0 aliphatic heterocycles. The molecule has 0 radical (unpaired) electrons. The van der Waals surface area contributed by atoms with Crippen LogP contribution in [-0.4, -0.2) is 23.4 Å². The lowest BCUT2D eigenvalue weighted by atomic mass is 10.1. The van der Waals surface area contributed by atoms with Gasteiger partial charge in [0.2, 0.25) is 0 Å². The number of aromatic nitrogens is 1. The van der Waals surface area contributed by atoms with Gasteiger partial charge in [0.15, 0.2) is 17.8 Å². The largest absolute Gasteiger partial charge is 0.443 e. The number of nitrogens with one attached hydrogen (secondary N) is 1. The zero-order valence-corrected chi connectivity index (χ0v) is 9.36. The van der Waals surface area contributed by atoms with E-state index in [1.54, 1.807) is 18.2 Å². The molecule has 84 valence electrons. The summed E-state index contributed by atoms with van der Waals surface area (Å²) in [6, 6.07) is 5.60. The van der Waals surface area contributed by atoms with E-state index in [2.05, 4.69) is 10.3 Å². The molecular formula is C12H14N2O2. The third-order valence-corrected chi connectivity index (χ3v) is 2.32. The van der Waals surface area contributed by atoms with Crippen LogP contribution in [0.1, 0.15) is 24.2 Å². The Bertz CT molecular complexity index is 502. The van der Waals surface area contributed by atoms with Crippen LogP contribution in [0, 0.1) is 0 Å². The molecule has 0 aliphatic rings. The Morgan fingerprint density at radius 1 is 1.50 bits per heavy atom. The first-order valence-corrected chi connectivity index (χ1v) is 5.26. The van der Waals surface area contributed by atoms with Gasteiger partial charge >= 0.3 is 0 Å². The van der Waals surface area contributed by atoms with Crippen molar-refractivity contribution in [3.05, 3.63) is 30.2 Å². The number of nitrogens with zero attached hydrogens (tertiary/aromatic N) is 1. The highest BCUT2D eigenvalue weighted by molar-refractivity contribution is 5.99. The highest BCUT2D eigenvalue weighted by Crippen LogP contribution is 2.14. The first kappa shape index (κ1) is 10.8. The molecule has 1 heterocycles. The van der Waals surface area contributed by atoms with Crippen LogP contribution in [0.2, 0.25) is 0 Å². The van der Waals surface area contributed by atoms with Crippen molar-refractivity contribution in [2.75, 3.05) is 6.54 Å². The summed E-state index contributed by atoms with van der Waals surface area (Å²) < 4.78 is 5.15. The van der Waals surface area contributed by atoms with Crippen LogP contribution in [-0.2, 0) is 0 Å². The van der Waals surface area contributed by atoms with Gasteiger partial charge in [0.05, 0.1) is 6.54 Å². The highest BCUT2D eigenvalue weighted by Gasteiger charge is 2.08. The maximum Gasteiger partial charge on any atom is 0.181 e. The third kappa shape index (κ3) is 2.28. The molecule has 0 fully saturated rings. The Labute approximate surface area is 93.7 Å². The van der Waals surface area contributed by atoms with Crippen LogP contribution in [0.3, 0.4) is 0 Å². The summed E-state index contributed by atoms with van der Waals surface area (Å²) in [6.07, 6.45) is 1.38. The fourth-order valence-corrected chi connectivity index (χ4v) is 1.43. The normalized spacial score (nSPS) is 11.2. The van der Waals surface area contributed by atoms with Gasteiger partial charge in [-0.3, -0.25) is 4.79 Å². The number of hydrogen-bond acceptors (Lipinski definition) is 4. The molecule has 0 spiro atoms. The summed E-state index contributed by atoms with van der Waals surface area (Å²) in [5.74, 6) is 0.0620. The first-order valence-electron chi connectivity index (χ1n) is 5.26. The van der Waals surface area contributed by atoms with Crippen LogP contribution in [0.15, 0.2) is 29.0 Å². The zero-order valence-electron chi connectivity index (χ0n) is 9.36. The van der Waals surface area contributed by atoms with Crippen molar-refractivity contribution in [2.24, 2.45) is 0 Å². The van der Waals surface area contributed by atoms with Crippen molar-refractivity contribution in [2.45, 2.75) is 19.9 Å². The number of rotatable bonds is 4. The van der Waals surface area contributed by atoms with Crippen LogP contribution >= 0.6 is 0 Å². The lowest BCUT2D eigenvalue weighted by Crippen LogP contribution is -2.29. The molecule has 2 aromatic rings. The van der Waals surface area contributed by atoms with Gasteiger partial charge < -0.3 is 9.73 Å². The lowest BCUT2D eigenvalue weighted by Gasteiger charge is -2.06. The second-order valence-electron chi connectivity index (χ2n) is 3.99. The molecule has 4 heteroatoms. The van der Waals surface area contributed by atoms with Gasteiger partial charge in [-0.05, 0) is 18.2 Å². The number of ketones is 1. The van der Waals surface area contributed by atoms with E-state index in [4.69, 9.17) is 4.42 Å². The van der Waals surface area contributed by atoms with Crippen molar-refractivity contribution in [3.63, 3.8) is 0 Å². The van der Waals surface area contributed by atoms with Crippen molar-refractivity contribution in [1.82, 2.24) is 10.3 Å². The minimum Gasteiger partial charge on any atom is -0.443 e. The van der Waals surface area contributed by atoms with Crippen LogP contribution in [0.5, 0.6) is 0 Å². The smallest absolute Gasteiger partial charge is 0.181 e. The van der Waals surface area contributed by atoms with Crippen molar-refractivity contribution in [1.29, 1.82) is 0 Å². The molecule has 2 rings (SSSR count). The predicted molar refractivity (Wildman–Crippen MR) is 61.5 cm³/mol. The molecule has 0 saturated heterocycles. The third-order valence-electron chi connectivity index (χ3n) is 2.32. The van der Waals surface area contributed by atoms with Crippen LogP contribution in [0.25, 0.3) is 11.1 Å². The van der Waals surface area contributed by atoms with E-state index >= 15 is 0 Å². The summed E-state index contributed by atoms with van der Waals surface area (Å²) in [5, 5.41) is 3.09. The highest BCUT2D eigenvalue weighted by atomic mass is 16.3. The van der Waals surface area contributed by atoms with Gasteiger partial charge in [-0.25, -0.2) is 4.98 Å². The van der Waals surface area contributed by atoms with Crippen molar-refractivity contribution >= 4 is 16.9 Å². The molecule has 0 amide bonds. The Kier molecular flexibility index (Phi) is 3.01. The van der Waals surface area contributed by atoms with Crippen molar-refractivity contribution in [3.8, 4) is 0 Å². The monoisotopic (exact) mass is 218 g/mol. The SMILES string of the molecule is CC(C)NCC(=O)c1ccc2ncoc2c1. The number of oxazole rings is 1. The molecule has 1 N–H and O–H groups in total. The summed E-state index contributed by atoms with van der Waals surface area (Å²) >= 11 is 0. The Morgan fingerprint density at radius 2 is 2.31 bits per heavy atom. The van der Waals surface area contributed by atoms with Gasteiger partial charge in [0.25, 0.3) is 0 Å². The second kappa shape index (κ2) is 4.45. The number of Topliss-reactive ketones (excluding diaryl/α,β-unsaturated/α-hetero) is 1. The Hall–Kier alpha value is -1.68. The number of fused-ring (bicyclic) bond motifs is 1. The van der Waals surface area contributed by atoms with E-state index < -0.39 is 0 Å². The standard InChI is InChI=1S/C12H14N2O2/c1-8(2)13-6-11(15)9-3-4-10-12(5-9)16-7-14-10/h3-5,7-8,13H,6H2,1-2H3. The van der Waals surface area contributed by atoms with E-state index in [1.807, 2.05) is 13.8 Å². The molecule has 0 aliphatic carbocycles. The molecule has 16 heavy (non-hydrogen) atoms. The number of hydrogen-bond donors (Lipinski definition) is 1. The van der Waals surface area contributed by atoms with E-state index in [-0.39, 0.29) is 5.78 Å². The number of carbonyl (C=O) groups excluding carboxylic acids is 1. The van der Waals surface area contributed by atoms with Crippen LogP contribution in [0.4, 0.5) is 0 Å². The maximum absolute atomic E-state index is 11.8. The molecule has 4 nitrogen and oxygen atoms in total. The second-order valence-corrected chi connectivity index (χ2v) is 3.99. The zero-order chi connectivity index (χ0) is 11.5. The van der Waals surface area contributed by atoms with E-state index in [0.717, 1.165) is 5.52 Å². The van der Waals surface area contributed by atoms with E-state index in [0.29, 0.717) is 23.7 Å². The molecule has 0 saturated carbocycles. The van der Waals surface area contributed by atoms with Crippen LogP contribution < -0.4 is 5.32 Å². The van der Waals surface area contributed by atoms with Crippen molar-refractivity contribution < 1.29 is 9.21 Å². The van der Waals surface area contributed by atoms with Gasteiger partial charge in [0.1, 0.15) is 5.52 Å². The molecule has 1 aromatic heterocycles. The predicted octanol–water partition coefficient (Wildman–Crippen LogP) is 2.01. The fraction of sp³-hybridized carbons (Fsp3) is 0.333. The van der Waals surface area contributed by atoms with Gasteiger partial charge in [-0.2, -0.15) is 0 Å². The van der Waals surface area contributed by atoms with E-state index in [9.17, 15) is 4.79 Å². The molecule has 0 unspecified atom stereocenters. The van der Waals surface area contributed by atoms with E-state index in [1.165, 1.54) is 6.39 Å². The number of benzene rings is 1. The fourth-order valence-electron chi connectivity index (χ4n) is 1.43. The Balaban J connectivity index is 2.16. The Morgan fingerprint density at radius 3 is 3.06 bits per heavy atom. The van der Waals surface area contributed by atoms with Gasteiger partial charge in [0, 0.05) is 11.6 Å². The summed E-state index contributed by atoms with van der Waals surface area (Å²) in [6.45, 7) is 4.36. The first-order chi connectivity index (χ1) is 7.66. The minimum absolute atomic E-state index is 0.0620. The summed E-state index contributed by atoms with van der Waals surface area (Å²) in [4.78, 5) is 15.8. The minimum atomic E-state index is 0.0620. The quantitative estimate of drug-likeness (QED) is 0.797. The molecular weight excluding hydrogens is 204 g/mol. The summed E-state index contributed by atoms with van der Waals surface area (Å²) in [7, 11) is 0. The maximum atomic E-state index is 11.8.